The molecule has 2 saturated heterocycles. The van der Waals surface area contributed by atoms with E-state index in [0.717, 1.165) is 38.9 Å². The molecule has 0 N–H and O–H groups in total. The molecule has 0 bridgehead atoms. The molecule has 2 atom stereocenters. The van der Waals surface area contributed by atoms with Gasteiger partial charge in [0, 0.05) is 32.1 Å². The lowest BCUT2D eigenvalue weighted by molar-refractivity contribution is -0.130. The number of rotatable bonds is 6. The molecule has 2 aliphatic rings. The van der Waals surface area contributed by atoms with Crippen LogP contribution in [0.1, 0.15) is 39.0 Å². The standard InChI is InChI=1S/C19H27FN2O2/c1-15(23)22-13-3-6-19(22)18-5-2-11-21(18)12-4-14-24-17-9-7-16(20)8-10-17/h7-10,18-19H,2-6,11-14H2,1H3/t18-,19-/m0/s1. The highest BCUT2D eigenvalue weighted by Gasteiger charge is 2.38. The number of halogens is 1. The van der Waals surface area contributed by atoms with Crippen molar-refractivity contribution < 1.29 is 13.9 Å². The SMILES string of the molecule is CC(=O)N1CCC[C@H]1[C@@H]1CCCN1CCCOc1ccc(F)cc1. The Morgan fingerprint density at radius 3 is 2.62 bits per heavy atom. The fourth-order valence-corrected chi connectivity index (χ4v) is 4.14. The van der Waals surface area contributed by atoms with Crippen molar-refractivity contribution in [2.45, 2.75) is 51.1 Å². The van der Waals surface area contributed by atoms with Gasteiger partial charge in [-0.2, -0.15) is 0 Å². The van der Waals surface area contributed by atoms with Gasteiger partial charge in [-0.05, 0) is 62.9 Å². The molecular weight excluding hydrogens is 307 g/mol. The first-order valence-corrected chi connectivity index (χ1v) is 9.05. The predicted octanol–water partition coefficient (Wildman–Crippen LogP) is 3.07. The molecule has 0 unspecified atom stereocenters. The van der Waals surface area contributed by atoms with Crippen LogP contribution in [0.2, 0.25) is 0 Å². The number of hydrogen-bond donors (Lipinski definition) is 0. The summed E-state index contributed by atoms with van der Waals surface area (Å²) in [6.07, 6.45) is 5.61. The van der Waals surface area contributed by atoms with Crippen LogP contribution in [0.4, 0.5) is 4.39 Å². The zero-order valence-corrected chi connectivity index (χ0v) is 14.4. The summed E-state index contributed by atoms with van der Waals surface area (Å²) in [4.78, 5) is 16.4. The first-order valence-electron chi connectivity index (χ1n) is 9.05. The monoisotopic (exact) mass is 334 g/mol. The summed E-state index contributed by atoms with van der Waals surface area (Å²) in [5.41, 5.74) is 0. The maximum absolute atomic E-state index is 12.9. The number of hydrogen-bond acceptors (Lipinski definition) is 3. The third-order valence-corrected chi connectivity index (χ3v) is 5.23. The molecule has 0 radical (unpaired) electrons. The van der Waals surface area contributed by atoms with Gasteiger partial charge in [0.1, 0.15) is 11.6 Å². The van der Waals surface area contributed by atoms with E-state index in [1.165, 1.54) is 25.0 Å². The van der Waals surface area contributed by atoms with Gasteiger partial charge in [0.15, 0.2) is 0 Å². The highest BCUT2D eigenvalue weighted by Crippen LogP contribution is 2.30. The molecule has 0 aliphatic carbocycles. The molecule has 1 aromatic carbocycles. The summed E-state index contributed by atoms with van der Waals surface area (Å²) >= 11 is 0. The minimum absolute atomic E-state index is 0.212. The fourth-order valence-electron chi connectivity index (χ4n) is 4.14. The maximum Gasteiger partial charge on any atom is 0.219 e. The lowest BCUT2D eigenvalue weighted by Gasteiger charge is -2.34. The van der Waals surface area contributed by atoms with E-state index >= 15 is 0 Å². The van der Waals surface area contributed by atoms with Crippen LogP contribution >= 0.6 is 0 Å². The Bertz CT molecular complexity index is 549. The van der Waals surface area contributed by atoms with E-state index < -0.39 is 0 Å². The van der Waals surface area contributed by atoms with Crippen LogP contribution in [0.25, 0.3) is 0 Å². The number of likely N-dealkylation sites (tertiary alicyclic amines) is 2. The van der Waals surface area contributed by atoms with Crippen LogP contribution in [-0.4, -0.2) is 54.0 Å². The Balaban J connectivity index is 1.46. The average molecular weight is 334 g/mol. The van der Waals surface area contributed by atoms with Crippen LogP contribution in [-0.2, 0) is 4.79 Å². The van der Waals surface area contributed by atoms with Gasteiger partial charge in [0.05, 0.1) is 6.61 Å². The molecule has 0 spiro atoms. The molecule has 0 saturated carbocycles. The van der Waals surface area contributed by atoms with E-state index in [0.29, 0.717) is 24.4 Å². The Labute approximate surface area is 143 Å². The van der Waals surface area contributed by atoms with Gasteiger partial charge in [0.2, 0.25) is 5.91 Å². The number of carbonyl (C=O) groups excluding carboxylic acids is 1. The van der Waals surface area contributed by atoms with Gasteiger partial charge in [0.25, 0.3) is 0 Å². The lowest BCUT2D eigenvalue weighted by Crippen LogP contribution is -2.48. The van der Waals surface area contributed by atoms with Crippen LogP contribution in [0, 0.1) is 5.82 Å². The smallest absolute Gasteiger partial charge is 0.219 e. The van der Waals surface area contributed by atoms with Gasteiger partial charge in [-0.15, -0.1) is 0 Å². The average Bonchev–Trinajstić information content (AvgIpc) is 3.21. The minimum Gasteiger partial charge on any atom is -0.494 e. The molecule has 4 nitrogen and oxygen atoms in total. The Hall–Kier alpha value is -1.62. The highest BCUT2D eigenvalue weighted by molar-refractivity contribution is 5.74. The van der Waals surface area contributed by atoms with E-state index in [2.05, 4.69) is 9.80 Å². The van der Waals surface area contributed by atoms with E-state index in [1.807, 2.05) is 0 Å². The highest BCUT2D eigenvalue weighted by atomic mass is 19.1. The Morgan fingerprint density at radius 1 is 1.17 bits per heavy atom. The Morgan fingerprint density at radius 2 is 1.88 bits per heavy atom. The molecular formula is C19H27FN2O2. The lowest BCUT2D eigenvalue weighted by atomic mass is 10.0. The number of nitrogens with zero attached hydrogens (tertiary/aromatic N) is 2. The summed E-state index contributed by atoms with van der Waals surface area (Å²) in [5.74, 6) is 0.686. The van der Waals surface area contributed by atoms with Crippen molar-refractivity contribution in [2.24, 2.45) is 0 Å². The summed E-state index contributed by atoms with van der Waals surface area (Å²) in [6, 6.07) is 7.06. The molecule has 0 aromatic heterocycles. The van der Waals surface area contributed by atoms with E-state index in [4.69, 9.17) is 4.74 Å². The van der Waals surface area contributed by atoms with Crippen molar-refractivity contribution >= 4 is 5.91 Å². The molecule has 2 heterocycles. The molecule has 5 heteroatoms. The van der Waals surface area contributed by atoms with Gasteiger partial charge >= 0.3 is 0 Å². The van der Waals surface area contributed by atoms with E-state index in [1.54, 1.807) is 19.1 Å². The zero-order chi connectivity index (χ0) is 16.9. The largest absolute Gasteiger partial charge is 0.494 e. The number of amides is 1. The second-order valence-corrected chi connectivity index (χ2v) is 6.82. The molecule has 132 valence electrons. The van der Waals surface area contributed by atoms with Gasteiger partial charge < -0.3 is 9.64 Å². The molecule has 24 heavy (non-hydrogen) atoms. The van der Waals surface area contributed by atoms with Crippen molar-refractivity contribution in [1.29, 1.82) is 0 Å². The normalized spacial score (nSPS) is 24.5. The van der Waals surface area contributed by atoms with Crippen molar-refractivity contribution in [3.05, 3.63) is 30.1 Å². The Kier molecular flexibility index (Phi) is 5.72. The third kappa shape index (κ3) is 4.07. The quantitative estimate of drug-likeness (QED) is 0.750. The fraction of sp³-hybridized carbons (Fsp3) is 0.632. The van der Waals surface area contributed by atoms with Gasteiger partial charge in [-0.3, -0.25) is 9.69 Å². The zero-order valence-electron chi connectivity index (χ0n) is 14.4. The predicted molar refractivity (Wildman–Crippen MR) is 91.5 cm³/mol. The minimum atomic E-state index is -0.242. The van der Waals surface area contributed by atoms with Crippen LogP contribution < -0.4 is 4.74 Å². The van der Waals surface area contributed by atoms with Gasteiger partial charge in [-0.25, -0.2) is 4.39 Å². The van der Waals surface area contributed by atoms with Crippen molar-refractivity contribution in [3.63, 3.8) is 0 Å². The summed E-state index contributed by atoms with van der Waals surface area (Å²) in [5, 5.41) is 0. The molecule has 2 aliphatic heterocycles. The first kappa shape index (κ1) is 17.2. The molecule has 1 amide bonds. The number of carbonyl (C=O) groups is 1. The topological polar surface area (TPSA) is 32.8 Å². The number of ether oxygens (including phenoxy) is 1. The summed E-state index contributed by atoms with van der Waals surface area (Å²) < 4.78 is 18.6. The summed E-state index contributed by atoms with van der Waals surface area (Å²) in [6.45, 7) is 5.35. The number of benzene rings is 1. The second kappa shape index (κ2) is 7.97. The van der Waals surface area contributed by atoms with Crippen molar-refractivity contribution in [3.8, 4) is 5.75 Å². The molecule has 1 aromatic rings. The summed E-state index contributed by atoms with van der Waals surface area (Å²) in [7, 11) is 0. The molecule has 3 rings (SSSR count). The van der Waals surface area contributed by atoms with Gasteiger partial charge in [-0.1, -0.05) is 0 Å². The van der Waals surface area contributed by atoms with Crippen LogP contribution in [0.5, 0.6) is 5.75 Å². The molecule has 2 fully saturated rings. The second-order valence-electron chi connectivity index (χ2n) is 6.82. The van der Waals surface area contributed by atoms with Crippen LogP contribution in [0.15, 0.2) is 24.3 Å². The third-order valence-electron chi connectivity index (χ3n) is 5.23. The maximum atomic E-state index is 12.9. The van der Waals surface area contributed by atoms with E-state index in [9.17, 15) is 9.18 Å². The van der Waals surface area contributed by atoms with Crippen molar-refractivity contribution in [1.82, 2.24) is 9.80 Å². The van der Waals surface area contributed by atoms with Crippen LogP contribution in [0.3, 0.4) is 0 Å². The first-order chi connectivity index (χ1) is 11.6. The van der Waals surface area contributed by atoms with E-state index in [-0.39, 0.29) is 11.7 Å². The van der Waals surface area contributed by atoms with Crippen molar-refractivity contribution in [2.75, 3.05) is 26.2 Å².